The molecule has 1 heterocycles. The van der Waals surface area contributed by atoms with Gasteiger partial charge in [-0.3, -0.25) is 4.79 Å². The van der Waals surface area contributed by atoms with Gasteiger partial charge in [-0.25, -0.2) is 0 Å². The number of nitriles is 1. The van der Waals surface area contributed by atoms with E-state index < -0.39 is 0 Å². The van der Waals surface area contributed by atoms with Crippen LogP contribution in [0.4, 0.5) is 0 Å². The van der Waals surface area contributed by atoms with E-state index in [1.54, 1.807) is 19.9 Å². The van der Waals surface area contributed by atoms with Crippen molar-refractivity contribution in [2.24, 2.45) is 0 Å². The Morgan fingerprint density at radius 2 is 1.93 bits per heavy atom. The second-order valence-corrected chi connectivity index (χ2v) is 5.35. The third kappa shape index (κ3) is 15.9. The van der Waals surface area contributed by atoms with E-state index in [0.29, 0.717) is 24.5 Å². The zero-order valence-electron chi connectivity index (χ0n) is 19.9. The van der Waals surface area contributed by atoms with E-state index in [2.05, 4.69) is 46.9 Å². The van der Waals surface area contributed by atoms with Crippen LogP contribution in [0.2, 0.25) is 0 Å². The van der Waals surface area contributed by atoms with Gasteiger partial charge >= 0.3 is 0 Å². The van der Waals surface area contributed by atoms with Gasteiger partial charge in [-0.15, -0.1) is 0 Å². The van der Waals surface area contributed by atoms with Gasteiger partial charge in [-0.1, -0.05) is 65.1 Å². The smallest absolute Gasteiger partial charge is 0.248 e. The number of nitrogens with one attached hydrogen (secondary N) is 2. The minimum atomic E-state index is -0.214. The zero-order valence-corrected chi connectivity index (χ0v) is 19.9. The summed E-state index contributed by atoms with van der Waals surface area (Å²) in [5, 5.41) is 17.8. The van der Waals surface area contributed by atoms with E-state index in [4.69, 9.17) is 9.78 Å². The number of hydrogen-bond acceptors (Lipinski definition) is 6. The Hall–Kier alpha value is -3.14. The highest BCUT2D eigenvalue weighted by atomic mass is 16.5. The summed E-state index contributed by atoms with van der Waals surface area (Å²) >= 11 is 0. The summed E-state index contributed by atoms with van der Waals surface area (Å²) in [6.07, 6.45) is 7.44. The van der Waals surface area contributed by atoms with E-state index in [1.807, 2.05) is 46.8 Å². The molecule has 1 unspecified atom stereocenters. The van der Waals surface area contributed by atoms with Crippen molar-refractivity contribution in [1.29, 1.82) is 5.26 Å². The van der Waals surface area contributed by atoms with Crippen LogP contribution in [0.3, 0.4) is 0 Å². The van der Waals surface area contributed by atoms with E-state index in [-0.39, 0.29) is 6.04 Å². The standard InChI is InChI=1S/C13H18N2.C6H9N3O2.2C2H6/c1-5-8-13(15-11(3)4)12(6-2)9-7-10-14;1-4(7-3-10)6-8-5(2)9-11-6;2*1-2/h5,8-9,15H,1,3,6-7H2,2,4H3;3-4H,1-2H3,(H,7,10);2*1-2H3/b12-9-,13-8+;;;. The monoisotopic (exact) mass is 417 g/mol. The van der Waals surface area contributed by atoms with Gasteiger partial charge in [-0.2, -0.15) is 10.2 Å². The maximum absolute atomic E-state index is 9.99. The number of aryl methyl sites for hydroxylation is 1. The number of hydrogen-bond donors (Lipinski definition) is 2. The predicted molar refractivity (Wildman–Crippen MR) is 124 cm³/mol. The van der Waals surface area contributed by atoms with Crippen molar-refractivity contribution in [1.82, 2.24) is 20.8 Å². The number of nitrogens with zero attached hydrogens (tertiary/aromatic N) is 3. The molecule has 1 atom stereocenters. The van der Waals surface area contributed by atoms with Crippen molar-refractivity contribution in [2.45, 2.75) is 74.3 Å². The number of carbonyl (C=O) groups excluding carboxylic acids is 1. The van der Waals surface area contributed by atoms with Crippen LogP contribution in [0.5, 0.6) is 0 Å². The van der Waals surface area contributed by atoms with Crippen LogP contribution in [0.1, 0.15) is 79.1 Å². The number of amides is 1. The molecule has 0 bridgehead atoms. The lowest BCUT2D eigenvalue weighted by Crippen LogP contribution is -2.16. The Labute approximate surface area is 182 Å². The normalized spacial score (nSPS) is 10.9. The van der Waals surface area contributed by atoms with Crippen LogP contribution in [-0.2, 0) is 4.79 Å². The molecule has 0 aliphatic rings. The third-order valence-corrected chi connectivity index (χ3v) is 3.03. The molecule has 1 aromatic heterocycles. The van der Waals surface area contributed by atoms with E-state index in [9.17, 15) is 4.79 Å². The van der Waals surface area contributed by atoms with Gasteiger partial charge in [0, 0.05) is 11.4 Å². The van der Waals surface area contributed by atoms with Crippen LogP contribution in [0.15, 0.2) is 52.9 Å². The average molecular weight is 418 g/mol. The quantitative estimate of drug-likeness (QED) is 0.396. The highest BCUT2D eigenvalue weighted by Crippen LogP contribution is 2.13. The lowest BCUT2D eigenvalue weighted by atomic mass is 10.1. The molecule has 7 nitrogen and oxygen atoms in total. The molecule has 0 aliphatic carbocycles. The summed E-state index contributed by atoms with van der Waals surface area (Å²) in [4.78, 5) is 13.9. The largest absolute Gasteiger partial charge is 0.360 e. The van der Waals surface area contributed by atoms with Gasteiger partial charge in [0.2, 0.25) is 12.3 Å². The fourth-order valence-electron chi connectivity index (χ4n) is 1.85. The fraction of sp³-hybridized carbons (Fsp3) is 0.478. The van der Waals surface area contributed by atoms with Crippen LogP contribution >= 0.6 is 0 Å². The second-order valence-electron chi connectivity index (χ2n) is 5.35. The average Bonchev–Trinajstić information content (AvgIpc) is 3.18. The summed E-state index contributed by atoms with van der Waals surface area (Å²) in [6, 6.07) is 1.89. The Kier molecular flexibility index (Phi) is 23.3. The molecule has 7 heteroatoms. The van der Waals surface area contributed by atoms with Crippen LogP contribution in [0.25, 0.3) is 0 Å². The Bertz CT molecular complexity index is 697. The molecule has 1 aromatic rings. The molecule has 0 aromatic carbocycles. The molecule has 0 aliphatic heterocycles. The van der Waals surface area contributed by atoms with Gasteiger partial charge in [0.1, 0.15) is 6.04 Å². The van der Waals surface area contributed by atoms with Gasteiger partial charge < -0.3 is 15.2 Å². The molecular weight excluding hydrogens is 378 g/mol. The number of carbonyl (C=O) groups is 1. The molecule has 168 valence electrons. The SMILES string of the molecule is C=C/C=C(NC(=C)C)\C(=C/CC#N)CC.CC.CC.Cc1noc(C(C)NC=O)n1. The molecule has 0 saturated carbocycles. The highest BCUT2D eigenvalue weighted by Gasteiger charge is 2.10. The summed E-state index contributed by atoms with van der Waals surface area (Å²) in [7, 11) is 0. The van der Waals surface area contributed by atoms with E-state index in [1.165, 1.54) is 0 Å². The molecule has 0 saturated heterocycles. The molecular formula is C23H39N5O2. The highest BCUT2D eigenvalue weighted by molar-refractivity contribution is 5.46. The molecule has 1 rings (SSSR count). The molecule has 2 N–H and O–H groups in total. The molecule has 0 fully saturated rings. The Morgan fingerprint density at radius 1 is 1.33 bits per heavy atom. The van der Waals surface area contributed by atoms with Crippen molar-refractivity contribution in [2.75, 3.05) is 0 Å². The van der Waals surface area contributed by atoms with Gasteiger partial charge in [-0.05, 0) is 38.8 Å². The number of rotatable bonds is 9. The minimum absolute atomic E-state index is 0.214. The first-order valence-corrected chi connectivity index (χ1v) is 10.2. The van der Waals surface area contributed by atoms with Crippen molar-refractivity contribution in [3.8, 4) is 6.07 Å². The second kappa shape index (κ2) is 22.2. The molecule has 0 radical (unpaired) electrons. The van der Waals surface area contributed by atoms with Crippen molar-refractivity contribution in [3.05, 3.63) is 60.1 Å². The lowest BCUT2D eigenvalue weighted by Gasteiger charge is -2.12. The van der Waals surface area contributed by atoms with Gasteiger partial charge in [0.25, 0.3) is 0 Å². The molecule has 0 spiro atoms. The van der Waals surface area contributed by atoms with Crippen LogP contribution in [-0.4, -0.2) is 16.6 Å². The van der Waals surface area contributed by atoms with E-state index in [0.717, 1.165) is 23.4 Å². The molecule has 30 heavy (non-hydrogen) atoms. The predicted octanol–water partition coefficient (Wildman–Crippen LogP) is 5.67. The molecule has 1 amide bonds. The fourth-order valence-corrected chi connectivity index (χ4v) is 1.85. The summed E-state index contributed by atoms with van der Waals surface area (Å²) in [6.45, 7) is 22.9. The lowest BCUT2D eigenvalue weighted by molar-refractivity contribution is -0.110. The minimum Gasteiger partial charge on any atom is -0.360 e. The number of allylic oxidation sites excluding steroid dienone is 5. The van der Waals surface area contributed by atoms with Crippen LogP contribution in [0, 0.1) is 18.3 Å². The van der Waals surface area contributed by atoms with Gasteiger partial charge in [0.05, 0.1) is 12.5 Å². The zero-order chi connectivity index (χ0) is 23.9. The van der Waals surface area contributed by atoms with Crippen molar-refractivity contribution in [3.63, 3.8) is 0 Å². The first-order chi connectivity index (χ1) is 14.4. The summed E-state index contributed by atoms with van der Waals surface area (Å²) in [5.74, 6) is 0.995. The van der Waals surface area contributed by atoms with Crippen molar-refractivity contribution < 1.29 is 9.32 Å². The Morgan fingerprint density at radius 3 is 2.30 bits per heavy atom. The van der Waals surface area contributed by atoms with E-state index >= 15 is 0 Å². The third-order valence-electron chi connectivity index (χ3n) is 3.03. The summed E-state index contributed by atoms with van der Waals surface area (Å²) in [5.41, 5.74) is 2.95. The first-order valence-electron chi connectivity index (χ1n) is 10.2. The Balaban J connectivity index is -0.000000428. The van der Waals surface area contributed by atoms with Gasteiger partial charge in [0.15, 0.2) is 5.82 Å². The topological polar surface area (TPSA) is 104 Å². The first kappa shape index (κ1) is 31.6. The maximum atomic E-state index is 9.99. The van der Waals surface area contributed by atoms with Crippen LogP contribution < -0.4 is 10.6 Å². The number of aromatic nitrogens is 2. The summed E-state index contributed by atoms with van der Waals surface area (Å²) < 4.78 is 4.80. The van der Waals surface area contributed by atoms with Crippen molar-refractivity contribution >= 4 is 6.41 Å². The maximum Gasteiger partial charge on any atom is 0.248 e.